The molecule has 5 heteroatoms. The molecule has 2 aliphatic heterocycles. The van der Waals surface area contributed by atoms with Crippen molar-refractivity contribution in [3.63, 3.8) is 0 Å². The van der Waals surface area contributed by atoms with Gasteiger partial charge in [-0.05, 0) is 38.6 Å². The summed E-state index contributed by atoms with van der Waals surface area (Å²) in [5.41, 5.74) is 0.302. The minimum atomic E-state index is 0.302. The van der Waals surface area contributed by atoms with Gasteiger partial charge in [0.15, 0.2) is 0 Å². The average Bonchev–Trinajstić information content (AvgIpc) is 2.37. The molecule has 1 aliphatic carbocycles. The van der Waals surface area contributed by atoms with E-state index >= 15 is 0 Å². The molecule has 0 aromatic heterocycles. The number of piperidine rings is 1. The van der Waals surface area contributed by atoms with Gasteiger partial charge in [-0.3, -0.25) is 0 Å². The van der Waals surface area contributed by atoms with E-state index in [1.165, 1.54) is 0 Å². The first-order valence-corrected chi connectivity index (χ1v) is 8.08. The van der Waals surface area contributed by atoms with Crippen molar-refractivity contribution >= 4 is 0 Å². The zero-order valence-corrected chi connectivity index (χ0v) is 13.1. The highest BCUT2D eigenvalue weighted by Gasteiger charge is 2.53. The van der Waals surface area contributed by atoms with Crippen LogP contribution in [0.2, 0.25) is 0 Å². The molecule has 20 heavy (non-hydrogen) atoms. The van der Waals surface area contributed by atoms with Crippen LogP contribution in [0.5, 0.6) is 0 Å². The minimum absolute atomic E-state index is 0.302. The molecule has 0 bridgehead atoms. The fourth-order valence-corrected chi connectivity index (χ4v) is 3.83. The molecular formula is C15H29F2N3. The van der Waals surface area contributed by atoms with Crippen molar-refractivity contribution in [3.05, 3.63) is 0 Å². The van der Waals surface area contributed by atoms with E-state index < -0.39 is 0 Å². The molecule has 0 amide bonds. The summed E-state index contributed by atoms with van der Waals surface area (Å²) in [7, 11) is 2.17. The first kappa shape index (κ1) is 16.1. The quantitative estimate of drug-likeness (QED) is 0.740. The lowest BCUT2D eigenvalue weighted by Gasteiger charge is -2.58. The summed E-state index contributed by atoms with van der Waals surface area (Å²) < 4.78 is 25.7. The molecule has 0 N–H and O–H groups in total. The van der Waals surface area contributed by atoms with Gasteiger partial charge in [0.1, 0.15) is 0 Å². The summed E-state index contributed by atoms with van der Waals surface area (Å²) in [5, 5.41) is 1.85. The van der Waals surface area contributed by atoms with Crippen molar-refractivity contribution < 1.29 is 8.96 Å². The predicted molar refractivity (Wildman–Crippen MR) is 77.5 cm³/mol. The van der Waals surface area contributed by atoms with Gasteiger partial charge in [-0.15, -0.1) is 19.2 Å². The second-order valence-corrected chi connectivity index (χ2v) is 6.63. The number of hydrogen-bond acceptors (Lipinski definition) is 3. The molecular weight excluding hydrogens is 260 g/mol. The van der Waals surface area contributed by atoms with E-state index in [-0.39, 0.29) is 0 Å². The van der Waals surface area contributed by atoms with E-state index in [9.17, 15) is 8.96 Å². The van der Waals surface area contributed by atoms with Crippen molar-refractivity contribution in [1.82, 2.24) is 15.1 Å². The third kappa shape index (κ3) is 3.49. The molecule has 3 aliphatic rings. The third-order valence-corrected chi connectivity index (χ3v) is 5.08. The van der Waals surface area contributed by atoms with E-state index in [0.29, 0.717) is 43.6 Å². The van der Waals surface area contributed by atoms with E-state index in [4.69, 9.17) is 0 Å². The van der Waals surface area contributed by atoms with Gasteiger partial charge in [-0.1, -0.05) is 13.8 Å². The molecule has 2 heterocycles. The fraction of sp³-hybridized carbons (Fsp3) is 1.00. The first-order valence-electron chi connectivity index (χ1n) is 8.08. The number of nitrogens with zero attached hydrogens (tertiary/aromatic N) is 3. The minimum Gasteiger partial charge on any atom is -0.303 e. The van der Waals surface area contributed by atoms with Crippen LogP contribution in [-0.4, -0.2) is 61.0 Å². The van der Waals surface area contributed by atoms with Gasteiger partial charge < -0.3 is 4.90 Å². The van der Waals surface area contributed by atoms with Crippen LogP contribution in [0.15, 0.2) is 0 Å². The Labute approximate surface area is 121 Å². The Morgan fingerprint density at radius 2 is 1.60 bits per heavy atom. The van der Waals surface area contributed by atoms with Crippen LogP contribution in [0, 0.1) is 11.3 Å². The highest BCUT2D eigenvalue weighted by molar-refractivity contribution is 5.05. The van der Waals surface area contributed by atoms with Crippen LogP contribution in [0.3, 0.4) is 0 Å². The molecule has 0 unspecified atom stereocenters. The zero-order valence-electron chi connectivity index (χ0n) is 13.1. The van der Waals surface area contributed by atoms with Crippen LogP contribution >= 0.6 is 0 Å². The van der Waals surface area contributed by atoms with Gasteiger partial charge in [-0.25, -0.2) is 0 Å². The summed E-state index contributed by atoms with van der Waals surface area (Å²) in [6, 6.07) is 0.627. The van der Waals surface area contributed by atoms with Crippen molar-refractivity contribution in [3.8, 4) is 0 Å². The smallest absolute Gasteiger partial charge is 0.0361 e. The van der Waals surface area contributed by atoms with Gasteiger partial charge in [0.05, 0.1) is 0 Å². The second kappa shape index (κ2) is 6.67. The molecule has 1 saturated carbocycles. The maximum Gasteiger partial charge on any atom is 0.0361 e. The Kier molecular flexibility index (Phi) is 5.37. The maximum atomic E-state index is 12.9. The molecule has 2 saturated heterocycles. The molecule has 0 aromatic rings. The number of hydrogen-bond donors (Lipinski definition) is 0. The first-order chi connectivity index (χ1) is 9.56. The van der Waals surface area contributed by atoms with Crippen LogP contribution in [0.4, 0.5) is 8.96 Å². The molecule has 0 atom stereocenters. The highest BCUT2D eigenvalue weighted by atomic mass is 19.2. The van der Waals surface area contributed by atoms with Gasteiger partial charge in [-0.2, -0.15) is 0 Å². The van der Waals surface area contributed by atoms with E-state index in [0.717, 1.165) is 42.5 Å². The lowest BCUT2D eigenvalue weighted by atomic mass is 9.61. The SMILES string of the molecule is CC.CN(CC1CCN(F)CC1)C1CC2(C1)CN(F)C2. The van der Waals surface area contributed by atoms with Crippen molar-refractivity contribution in [2.75, 3.05) is 39.8 Å². The Balaban J connectivity index is 0.000000704. The van der Waals surface area contributed by atoms with Crippen LogP contribution < -0.4 is 0 Å². The summed E-state index contributed by atoms with van der Waals surface area (Å²) in [4.78, 5) is 2.42. The summed E-state index contributed by atoms with van der Waals surface area (Å²) in [5.74, 6) is 0.637. The van der Waals surface area contributed by atoms with Crippen molar-refractivity contribution in [2.45, 2.75) is 45.6 Å². The maximum absolute atomic E-state index is 12.9. The summed E-state index contributed by atoms with van der Waals surface area (Å²) >= 11 is 0. The lowest BCUT2D eigenvalue weighted by Crippen LogP contribution is -2.64. The Morgan fingerprint density at radius 1 is 1.05 bits per heavy atom. The summed E-state index contributed by atoms with van der Waals surface area (Å²) in [6.07, 6.45) is 4.23. The standard InChI is InChI=1S/C13H23F2N3.C2H6/c1-16(8-11-2-4-17(14)5-3-11)12-6-13(7-12)9-18(15)10-13;1-2/h11-12H,2-10H2,1H3;1-2H3. The van der Waals surface area contributed by atoms with Crippen LogP contribution in [0.1, 0.15) is 39.5 Å². The Hall–Kier alpha value is -0.260. The fourth-order valence-electron chi connectivity index (χ4n) is 3.83. The van der Waals surface area contributed by atoms with Crippen LogP contribution in [0.25, 0.3) is 0 Å². The van der Waals surface area contributed by atoms with Crippen LogP contribution in [-0.2, 0) is 0 Å². The summed E-state index contributed by atoms with van der Waals surface area (Å²) in [6.45, 7) is 7.52. The number of rotatable bonds is 3. The molecule has 118 valence electrons. The van der Waals surface area contributed by atoms with Crippen molar-refractivity contribution in [1.29, 1.82) is 0 Å². The van der Waals surface area contributed by atoms with E-state index in [2.05, 4.69) is 11.9 Å². The third-order valence-electron chi connectivity index (χ3n) is 5.08. The van der Waals surface area contributed by atoms with Crippen molar-refractivity contribution in [2.24, 2.45) is 11.3 Å². The molecule has 0 radical (unpaired) electrons. The molecule has 3 nitrogen and oxygen atoms in total. The Bertz CT molecular complexity index is 291. The van der Waals surface area contributed by atoms with Gasteiger partial charge >= 0.3 is 0 Å². The molecule has 1 spiro atoms. The normalized spacial score (nSPS) is 27.9. The van der Waals surface area contributed by atoms with Gasteiger partial charge in [0, 0.05) is 44.2 Å². The monoisotopic (exact) mass is 289 g/mol. The largest absolute Gasteiger partial charge is 0.303 e. The Morgan fingerprint density at radius 3 is 2.10 bits per heavy atom. The van der Waals surface area contributed by atoms with Gasteiger partial charge in [0.25, 0.3) is 0 Å². The molecule has 3 rings (SSSR count). The molecule has 0 aromatic carbocycles. The number of halogens is 2. The van der Waals surface area contributed by atoms with E-state index in [1.807, 2.05) is 13.8 Å². The molecule has 3 fully saturated rings. The topological polar surface area (TPSA) is 9.72 Å². The lowest BCUT2D eigenvalue weighted by molar-refractivity contribution is -0.188. The van der Waals surface area contributed by atoms with E-state index in [1.54, 1.807) is 0 Å². The predicted octanol–water partition coefficient (Wildman–Crippen LogP) is 2.89. The average molecular weight is 289 g/mol. The van der Waals surface area contributed by atoms with Gasteiger partial charge in [0.2, 0.25) is 0 Å². The highest BCUT2D eigenvalue weighted by Crippen LogP contribution is 2.50. The zero-order chi connectivity index (χ0) is 14.8. The second-order valence-electron chi connectivity index (χ2n) is 6.63.